The maximum atomic E-state index is 11.5. The van der Waals surface area contributed by atoms with E-state index in [2.05, 4.69) is 4.98 Å². The summed E-state index contributed by atoms with van der Waals surface area (Å²) < 4.78 is 4.99. The third kappa shape index (κ3) is 2.88. The standard InChI is InChI=1S/C19H18N2O3/c1-11-12(2)18(22)16(19(20)23)8-15(11)7-13-3-5-14(6-4-13)17-9-24-10-21-17/h3-6,8-10,22H,7H2,1-2H3,(H2,20,23). The zero-order valence-corrected chi connectivity index (χ0v) is 13.5. The molecule has 5 heteroatoms. The second-order valence-corrected chi connectivity index (χ2v) is 5.79. The molecule has 0 saturated heterocycles. The van der Waals surface area contributed by atoms with E-state index in [1.807, 2.05) is 31.2 Å². The molecule has 0 unspecified atom stereocenters. The number of carbonyl (C=O) groups excluding carboxylic acids is 1. The minimum atomic E-state index is -0.627. The Bertz CT molecular complexity index is 882. The quantitative estimate of drug-likeness (QED) is 0.771. The number of oxazole rings is 1. The molecule has 3 aromatic rings. The SMILES string of the molecule is Cc1c(Cc2ccc(-c3cocn3)cc2)cc(C(N)=O)c(O)c1C. The lowest BCUT2D eigenvalue weighted by molar-refractivity contribution is 0.0997. The summed E-state index contributed by atoms with van der Waals surface area (Å²) in [4.78, 5) is 15.6. The molecule has 122 valence electrons. The number of phenols is 1. The van der Waals surface area contributed by atoms with Gasteiger partial charge in [0.05, 0.1) is 5.56 Å². The lowest BCUT2D eigenvalue weighted by atomic mass is 9.93. The number of nitrogens with zero attached hydrogens (tertiary/aromatic N) is 1. The van der Waals surface area contributed by atoms with Gasteiger partial charge >= 0.3 is 0 Å². The van der Waals surface area contributed by atoms with Crippen molar-refractivity contribution < 1.29 is 14.3 Å². The number of rotatable bonds is 4. The average Bonchev–Trinajstić information content (AvgIpc) is 3.10. The van der Waals surface area contributed by atoms with Crippen molar-refractivity contribution in [3.8, 4) is 17.0 Å². The highest BCUT2D eigenvalue weighted by atomic mass is 16.3. The van der Waals surface area contributed by atoms with Crippen LogP contribution in [0.15, 0.2) is 47.4 Å². The Morgan fingerprint density at radius 3 is 2.50 bits per heavy atom. The summed E-state index contributed by atoms with van der Waals surface area (Å²) in [6.07, 6.45) is 3.64. The maximum Gasteiger partial charge on any atom is 0.252 e. The molecular weight excluding hydrogens is 304 g/mol. The van der Waals surface area contributed by atoms with Crippen LogP contribution < -0.4 is 5.73 Å². The summed E-state index contributed by atoms with van der Waals surface area (Å²) >= 11 is 0. The Hall–Kier alpha value is -3.08. The van der Waals surface area contributed by atoms with Gasteiger partial charge in [-0.2, -0.15) is 0 Å². The summed E-state index contributed by atoms with van der Waals surface area (Å²) in [7, 11) is 0. The van der Waals surface area contributed by atoms with E-state index in [4.69, 9.17) is 10.2 Å². The van der Waals surface area contributed by atoms with Crippen molar-refractivity contribution >= 4 is 5.91 Å². The Balaban J connectivity index is 1.92. The summed E-state index contributed by atoms with van der Waals surface area (Å²) in [6.45, 7) is 3.72. The molecule has 0 atom stereocenters. The monoisotopic (exact) mass is 322 g/mol. The number of aromatic nitrogens is 1. The van der Waals surface area contributed by atoms with Crippen molar-refractivity contribution in [1.29, 1.82) is 0 Å². The normalized spacial score (nSPS) is 10.8. The van der Waals surface area contributed by atoms with Crippen LogP contribution in [-0.2, 0) is 6.42 Å². The molecule has 3 N–H and O–H groups in total. The van der Waals surface area contributed by atoms with Crippen molar-refractivity contribution in [2.75, 3.05) is 0 Å². The highest BCUT2D eigenvalue weighted by molar-refractivity contribution is 5.96. The topological polar surface area (TPSA) is 89.4 Å². The summed E-state index contributed by atoms with van der Waals surface area (Å²) in [5.74, 6) is -0.664. The fourth-order valence-corrected chi connectivity index (χ4v) is 2.71. The molecule has 0 aliphatic rings. The largest absolute Gasteiger partial charge is 0.507 e. The number of benzene rings is 2. The van der Waals surface area contributed by atoms with E-state index >= 15 is 0 Å². The van der Waals surface area contributed by atoms with Crippen LogP contribution in [0.3, 0.4) is 0 Å². The number of amides is 1. The van der Waals surface area contributed by atoms with Gasteiger partial charge in [0.25, 0.3) is 5.91 Å². The fraction of sp³-hybridized carbons (Fsp3) is 0.158. The molecule has 0 spiro atoms. The van der Waals surface area contributed by atoms with Gasteiger partial charge in [0, 0.05) is 5.56 Å². The van der Waals surface area contributed by atoms with Crippen LogP contribution >= 0.6 is 0 Å². The van der Waals surface area contributed by atoms with E-state index in [9.17, 15) is 9.90 Å². The smallest absolute Gasteiger partial charge is 0.252 e. The fourth-order valence-electron chi connectivity index (χ4n) is 2.71. The van der Waals surface area contributed by atoms with E-state index < -0.39 is 5.91 Å². The number of aromatic hydroxyl groups is 1. The summed E-state index contributed by atoms with van der Waals surface area (Å²) in [5.41, 5.74) is 11.0. The molecule has 0 aliphatic carbocycles. The Morgan fingerprint density at radius 2 is 1.92 bits per heavy atom. The van der Waals surface area contributed by atoms with Crippen LogP contribution in [0.5, 0.6) is 5.75 Å². The predicted molar refractivity (Wildman–Crippen MR) is 90.8 cm³/mol. The van der Waals surface area contributed by atoms with Crippen LogP contribution in [0.1, 0.15) is 32.6 Å². The van der Waals surface area contributed by atoms with Crippen LogP contribution in [0.4, 0.5) is 0 Å². The Labute approximate surface area is 139 Å². The molecular formula is C19H18N2O3. The third-order valence-electron chi connectivity index (χ3n) is 4.32. The van der Waals surface area contributed by atoms with E-state index in [0.29, 0.717) is 12.0 Å². The molecule has 1 aromatic heterocycles. The van der Waals surface area contributed by atoms with Gasteiger partial charge in [-0.1, -0.05) is 24.3 Å². The van der Waals surface area contributed by atoms with Gasteiger partial charge in [0.15, 0.2) is 6.39 Å². The van der Waals surface area contributed by atoms with Crippen LogP contribution in [0.25, 0.3) is 11.3 Å². The average molecular weight is 322 g/mol. The molecule has 3 rings (SSSR count). The zero-order chi connectivity index (χ0) is 17.3. The van der Waals surface area contributed by atoms with Gasteiger partial charge in [0.2, 0.25) is 0 Å². The lowest BCUT2D eigenvalue weighted by Crippen LogP contribution is -2.13. The van der Waals surface area contributed by atoms with Crippen LogP contribution in [0.2, 0.25) is 0 Å². The molecule has 5 nitrogen and oxygen atoms in total. The number of hydrogen-bond acceptors (Lipinski definition) is 4. The minimum absolute atomic E-state index is 0.0369. The molecule has 1 heterocycles. The molecule has 0 radical (unpaired) electrons. The summed E-state index contributed by atoms with van der Waals surface area (Å²) in [5, 5.41) is 10.1. The molecule has 0 bridgehead atoms. The second-order valence-electron chi connectivity index (χ2n) is 5.79. The van der Waals surface area contributed by atoms with E-state index in [1.165, 1.54) is 6.39 Å². The van der Waals surface area contributed by atoms with Gasteiger partial charge in [0.1, 0.15) is 17.7 Å². The van der Waals surface area contributed by atoms with Gasteiger partial charge < -0.3 is 15.3 Å². The zero-order valence-electron chi connectivity index (χ0n) is 13.5. The van der Waals surface area contributed by atoms with E-state index in [0.717, 1.165) is 27.9 Å². The third-order valence-corrected chi connectivity index (χ3v) is 4.32. The van der Waals surface area contributed by atoms with Crippen molar-refractivity contribution in [2.45, 2.75) is 20.3 Å². The highest BCUT2D eigenvalue weighted by Gasteiger charge is 2.15. The molecule has 24 heavy (non-hydrogen) atoms. The van der Waals surface area contributed by atoms with E-state index in [-0.39, 0.29) is 11.3 Å². The lowest BCUT2D eigenvalue weighted by Gasteiger charge is -2.14. The van der Waals surface area contributed by atoms with Gasteiger partial charge in [-0.25, -0.2) is 4.98 Å². The highest BCUT2D eigenvalue weighted by Crippen LogP contribution is 2.29. The first kappa shape index (κ1) is 15.8. The first-order chi connectivity index (χ1) is 11.5. The Kier molecular flexibility index (Phi) is 4.08. The van der Waals surface area contributed by atoms with Crippen molar-refractivity contribution in [2.24, 2.45) is 5.73 Å². The molecule has 0 fully saturated rings. The Morgan fingerprint density at radius 1 is 1.21 bits per heavy atom. The maximum absolute atomic E-state index is 11.5. The van der Waals surface area contributed by atoms with Gasteiger partial charge in [-0.15, -0.1) is 0 Å². The molecule has 0 saturated carbocycles. The van der Waals surface area contributed by atoms with Gasteiger partial charge in [-0.3, -0.25) is 4.79 Å². The number of nitrogens with two attached hydrogens (primary N) is 1. The molecule has 2 aromatic carbocycles. The first-order valence-corrected chi connectivity index (χ1v) is 7.56. The van der Waals surface area contributed by atoms with E-state index in [1.54, 1.807) is 19.3 Å². The molecule has 0 aliphatic heterocycles. The van der Waals surface area contributed by atoms with Crippen molar-refractivity contribution in [3.05, 3.63) is 70.8 Å². The van der Waals surface area contributed by atoms with Crippen molar-refractivity contribution in [1.82, 2.24) is 4.98 Å². The minimum Gasteiger partial charge on any atom is -0.507 e. The number of primary amides is 1. The van der Waals surface area contributed by atoms with Gasteiger partial charge in [-0.05, 0) is 48.6 Å². The number of carbonyl (C=O) groups is 1. The summed E-state index contributed by atoms with van der Waals surface area (Å²) in [6, 6.07) is 9.65. The first-order valence-electron chi connectivity index (χ1n) is 7.56. The predicted octanol–water partition coefficient (Wildman–Crippen LogP) is 3.35. The molecule has 1 amide bonds. The van der Waals surface area contributed by atoms with Crippen molar-refractivity contribution in [3.63, 3.8) is 0 Å². The number of hydrogen-bond donors (Lipinski definition) is 2. The van der Waals surface area contributed by atoms with Crippen LogP contribution in [-0.4, -0.2) is 16.0 Å². The van der Waals surface area contributed by atoms with Crippen LogP contribution in [0, 0.1) is 13.8 Å². The second kappa shape index (κ2) is 6.20.